The van der Waals surface area contributed by atoms with Crippen LogP contribution in [0.2, 0.25) is 0 Å². The molecule has 1 N–H and O–H groups in total. The van der Waals surface area contributed by atoms with Gasteiger partial charge in [0.1, 0.15) is 11.3 Å². The van der Waals surface area contributed by atoms with Gasteiger partial charge < -0.3 is 10.2 Å². The second-order valence-corrected chi connectivity index (χ2v) is 6.39. The highest BCUT2D eigenvalue weighted by molar-refractivity contribution is 9.10. The van der Waals surface area contributed by atoms with Crippen LogP contribution in [0.15, 0.2) is 16.7 Å². The Morgan fingerprint density at radius 2 is 2.14 bits per heavy atom. The number of amides is 1. The zero-order valence-corrected chi connectivity index (χ0v) is 13.9. The van der Waals surface area contributed by atoms with E-state index in [0.29, 0.717) is 5.69 Å². The Labute approximate surface area is 132 Å². The molecule has 3 rings (SSSR count). The molecule has 1 fully saturated rings. The van der Waals surface area contributed by atoms with Crippen molar-refractivity contribution in [3.63, 3.8) is 0 Å². The van der Waals surface area contributed by atoms with Gasteiger partial charge in [0, 0.05) is 30.3 Å². The molecular formula is C15H19BrN4O. The van der Waals surface area contributed by atoms with Crippen LogP contribution in [0.1, 0.15) is 28.2 Å². The van der Waals surface area contributed by atoms with Gasteiger partial charge in [-0.15, -0.1) is 0 Å². The highest BCUT2D eigenvalue weighted by atomic mass is 79.9. The summed E-state index contributed by atoms with van der Waals surface area (Å²) in [5, 5.41) is 3.32. The number of rotatable bonds is 1. The Kier molecular flexibility index (Phi) is 3.99. The molecule has 0 spiro atoms. The van der Waals surface area contributed by atoms with E-state index in [9.17, 15) is 4.79 Å². The third-order valence-corrected chi connectivity index (χ3v) is 4.31. The van der Waals surface area contributed by atoms with Crippen LogP contribution in [0.4, 0.5) is 0 Å². The standard InChI is InChI=1S/C15H19BrN4O/c1-10-8-12(16)9-20-13(11(2)18-14(10)20)15(21)19-6-3-4-17-5-7-19/h8-9,17H,3-7H2,1-2H3. The van der Waals surface area contributed by atoms with E-state index in [1.807, 2.05) is 35.4 Å². The van der Waals surface area contributed by atoms with Crippen LogP contribution in [0.5, 0.6) is 0 Å². The molecule has 0 bridgehead atoms. The van der Waals surface area contributed by atoms with Crippen molar-refractivity contribution in [2.24, 2.45) is 0 Å². The number of hydrogen-bond donors (Lipinski definition) is 1. The summed E-state index contributed by atoms with van der Waals surface area (Å²) in [7, 11) is 0. The summed E-state index contributed by atoms with van der Waals surface area (Å²) in [4.78, 5) is 19.4. The number of carbonyl (C=O) groups is 1. The molecule has 0 aromatic carbocycles. The molecule has 1 aliphatic rings. The first-order chi connectivity index (χ1) is 10.1. The molecule has 21 heavy (non-hydrogen) atoms. The predicted octanol–water partition coefficient (Wildman–Crippen LogP) is 2.15. The van der Waals surface area contributed by atoms with Gasteiger partial charge in [0.05, 0.1) is 5.69 Å². The van der Waals surface area contributed by atoms with E-state index < -0.39 is 0 Å². The topological polar surface area (TPSA) is 49.6 Å². The number of hydrogen-bond acceptors (Lipinski definition) is 3. The number of nitrogens with one attached hydrogen (secondary N) is 1. The molecule has 0 radical (unpaired) electrons. The van der Waals surface area contributed by atoms with E-state index in [-0.39, 0.29) is 5.91 Å². The maximum absolute atomic E-state index is 12.9. The van der Waals surface area contributed by atoms with Crippen LogP contribution >= 0.6 is 15.9 Å². The third kappa shape index (κ3) is 2.70. The van der Waals surface area contributed by atoms with Crippen molar-refractivity contribution in [3.8, 4) is 0 Å². The van der Waals surface area contributed by atoms with Crippen molar-refractivity contribution >= 4 is 27.5 Å². The normalized spacial score (nSPS) is 16.2. The SMILES string of the molecule is Cc1nc2c(C)cc(Br)cn2c1C(=O)N1CCCNCC1. The van der Waals surface area contributed by atoms with Gasteiger partial charge in [-0.2, -0.15) is 0 Å². The number of aryl methyl sites for hydroxylation is 2. The lowest BCUT2D eigenvalue weighted by Crippen LogP contribution is -2.35. The number of halogens is 1. The minimum absolute atomic E-state index is 0.0706. The van der Waals surface area contributed by atoms with Gasteiger partial charge in [0.15, 0.2) is 0 Å². The van der Waals surface area contributed by atoms with E-state index in [0.717, 1.165) is 54.0 Å². The second kappa shape index (κ2) is 5.77. The van der Waals surface area contributed by atoms with Gasteiger partial charge in [0.2, 0.25) is 0 Å². The fourth-order valence-electron chi connectivity index (χ4n) is 2.84. The summed E-state index contributed by atoms with van der Waals surface area (Å²) >= 11 is 3.50. The maximum atomic E-state index is 12.9. The molecule has 0 saturated carbocycles. The first kappa shape index (κ1) is 14.5. The summed E-state index contributed by atoms with van der Waals surface area (Å²) in [6.45, 7) is 7.29. The molecule has 3 heterocycles. The Morgan fingerprint density at radius 3 is 2.95 bits per heavy atom. The van der Waals surface area contributed by atoms with Gasteiger partial charge in [-0.25, -0.2) is 4.98 Å². The third-order valence-electron chi connectivity index (χ3n) is 3.87. The second-order valence-electron chi connectivity index (χ2n) is 5.48. The average Bonchev–Trinajstić information content (AvgIpc) is 2.64. The lowest BCUT2D eigenvalue weighted by molar-refractivity contribution is 0.0758. The monoisotopic (exact) mass is 350 g/mol. The molecule has 0 atom stereocenters. The molecule has 0 unspecified atom stereocenters. The zero-order chi connectivity index (χ0) is 15.0. The number of nitrogens with zero attached hydrogens (tertiary/aromatic N) is 3. The van der Waals surface area contributed by atoms with Gasteiger partial charge in [-0.1, -0.05) is 0 Å². The summed E-state index contributed by atoms with van der Waals surface area (Å²) in [6.07, 6.45) is 2.91. The van der Waals surface area contributed by atoms with Crippen LogP contribution in [-0.4, -0.2) is 46.4 Å². The van der Waals surface area contributed by atoms with E-state index >= 15 is 0 Å². The minimum atomic E-state index is 0.0706. The lowest BCUT2D eigenvalue weighted by atomic mass is 10.2. The lowest BCUT2D eigenvalue weighted by Gasteiger charge is -2.20. The zero-order valence-electron chi connectivity index (χ0n) is 12.3. The van der Waals surface area contributed by atoms with Crippen molar-refractivity contribution < 1.29 is 4.79 Å². The molecule has 6 heteroatoms. The van der Waals surface area contributed by atoms with E-state index in [2.05, 4.69) is 26.2 Å². The Morgan fingerprint density at radius 1 is 1.33 bits per heavy atom. The van der Waals surface area contributed by atoms with E-state index in [1.165, 1.54) is 0 Å². The fraction of sp³-hybridized carbons (Fsp3) is 0.467. The first-order valence-electron chi connectivity index (χ1n) is 7.22. The van der Waals surface area contributed by atoms with Crippen molar-refractivity contribution in [1.29, 1.82) is 0 Å². The summed E-state index contributed by atoms with van der Waals surface area (Å²) < 4.78 is 2.87. The average molecular weight is 351 g/mol. The molecular weight excluding hydrogens is 332 g/mol. The van der Waals surface area contributed by atoms with Gasteiger partial charge in [0.25, 0.3) is 5.91 Å². The highest BCUT2D eigenvalue weighted by Gasteiger charge is 2.23. The quantitative estimate of drug-likeness (QED) is 0.857. The Bertz CT molecular complexity index is 687. The number of aromatic nitrogens is 2. The maximum Gasteiger partial charge on any atom is 0.272 e. The van der Waals surface area contributed by atoms with Crippen LogP contribution in [0.3, 0.4) is 0 Å². The highest BCUT2D eigenvalue weighted by Crippen LogP contribution is 2.21. The fourth-order valence-corrected chi connectivity index (χ4v) is 3.39. The van der Waals surface area contributed by atoms with Gasteiger partial charge in [-0.3, -0.25) is 9.20 Å². The van der Waals surface area contributed by atoms with Crippen LogP contribution < -0.4 is 5.32 Å². The van der Waals surface area contributed by atoms with Gasteiger partial charge in [-0.05, 0) is 54.4 Å². The van der Waals surface area contributed by atoms with Crippen molar-refractivity contribution in [1.82, 2.24) is 19.6 Å². The molecule has 112 valence electrons. The Hall–Kier alpha value is -1.40. The van der Waals surface area contributed by atoms with Crippen molar-refractivity contribution in [3.05, 3.63) is 33.7 Å². The first-order valence-corrected chi connectivity index (χ1v) is 8.02. The number of carbonyl (C=O) groups excluding carboxylic acids is 1. The largest absolute Gasteiger partial charge is 0.336 e. The van der Waals surface area contributed by atoms with Crippen LogP contribution in [-0.2, 0) is 0 Å². The molecule has 1 aliphatic heterocycles. The number of imidazole rings is 1. The van der Waals surface area contributed by atoms with Crippen LogP contribution in [0, 0.1) is 13.8 Å². The number of fused-ring (bicyclic) bond motifs is 1. The van der Waals surface area contributed by atoms with Gasteiger partial charge >= 0.3 is 0 Å². The molecule has 2 aromatic rings. The summed E-state index contributed by atoms with van der Waals surface area (Å²) in [6, 6.07) is 2.02. The molecule has 1 amide bonds. The number of pyridine rings is 1. The van der Waals surface area contributed by atoms with Crippen molar-refractivity contribution in [2.45, 2.75) is 20.3 Å². The summed E-state index contributed by atoms with van der Waals surface area (Å²) in [5.41, 5.74) is 3.38. The molecule has 2 aromatic heterocycles. The molecule has 0 aliphatic carbocycles. The van der Waals surface area contributed by atoms with Crippen LogP contribution in [0.25, 0.3) is 5.65 Å². The van der Waals surface area contributed by atoms with E-state index in [4.69, 9.17) is 0 Å². The Balaban J connectivity index is 2.06. The van der Waals surface area contributed by atoms with Crippen molar-refractivity contribution in [2.75, 3.05) is 26.2 Å². The summed E-state index contributed by atoms with van der Waals surface area (Å²) in [5.74, 6) is 0.0706. The smallest absolute Gasteiger partial charge is 0.272 e. The minimum Gasteiger partial charge on any atom is -0.336 e. The molecule has 1 saturated heterocycles. The predicted molar refractivity (Wildman–Crippen MR) is 85.8 cm³/mol. The molecule has 5 nitrogen and oxygen atoms in total. The van der Waals surface area contributed by atoms with E-state index in [1.54, 1.807) is 0 Å².